The fraction of sp³-hybridized carbons (Fsp3) is 0.571. The van der Waals surface area contributed by atoms with E-state index in [1.165, 1.54) is 12.8 Å². The predicted molar refractivity (Wildman–Crippen MR) is 83.2 cm³/mol. The van der Waals surface area contributed by atoms with Crippen molar-refractivity contribution in [3.8, 4) is 0 Å². The molecular formula is C14H20N4OS. The number of nitrogens with zero attached hydrogens (tertiary/aromatic N) is 3. The number of methoxy groups -OCH3 is 1. The lowest BCUT2D eigenvalue weighted by Gasteiger charge is -2.30. The van der Waals surface area contributed by atoms with E-state index in [9.17, 15) is 0 Å². The number of rotatable bonds is 6. The highest BCUT2D eigenvalue weighted by Crippen LogP contribution is 2.38. The van der Waals surface area contributed by atoms with Crippen molar-refractivity contribution in [3.05, 3.63) is 11.4 Å². The molecule has 0 amide bonds. The van der Waals surface area contributed by atoms with Crippen LogP contribution in [0.2, 0.25) is 0 Å². The number of anilines is 2. The molecule has 5 nitrogen and oxygen atoms in total. The van der Waals surface area contributed by atoms with Gasteiger partial charge in [-0.2, -0.15) is 4.98 Å². The Hall–Kier alpha value is -1.40. The first kappa shape index (κ1) is 13.6. The minimum Gasteiger partial charge on any atom is -0.383 e. The molecule has 2 aromatic heterocycles. The number of nitrogen functional groups attached to an aromatic ring is 1. The van der Waals surface area contributed by atoms with Crippen LogP contribution < -0.4 is 10.6 Å². The van der Waals surface area contributed by atoms with E-state index in [1.54, 1.807) is 18.4 Å². The van der Waals surface area contributed by atoms with Gasteiger partial charge in [0.1, 0.15) is 10.6 Å². The Labute approximate surface area is 122 Å². The fourth-order valence-electron chi connectivity index (χ4n) is 2.60. The van der Waals surface area contributed by atoms with Gasteiger partial charge in [-0.15, -0.1) is 11.3 Å². The molecule has 0 aromatic carbocycles. The quantitative estimate of drug-likeness (QED) is 0.886. The first-order chi connectivity index (χ1) is 9.70. The van der Waals surface area contributed by atoms with Crippen LogP contribution >= 0.6 is 11.3 Å². The Kier molecular flexibility index (Phi) is 3.76. The van der Waals surface area contributed by atoms with Gasteiger partial charge in [-0.05, 0) is 37.1 Å². The Bertz CT molecular complexity index is 596. The van der Waals surface area contributed by atoms with Crippen molar-refractivity contribution in [1.29, 1.82) is 0 Å². The first-order valence-corrected chi connectivity index (χ1v) is 7.85. The van der Waals surface area contributed by atoms with Gasteiger partial charge in [-0.1, -0.05) is 0 Å². The van der Waals surface area contributed by atoms with Gasteiger partial charge in [0.15, 0.2) is 0 Å². The summed E-state index contributed by atoms with van der Waals surface area (Å²) in [6.45, 7) is 3.78. The normalized spacial score (nSPS) is 16.5. The Morgan fingerprint density at radius 2 is 2.30 bits per heavy atom. The maximum atomic E-state index is 5.87. The van der Waals surface area contributed by atoms with Crippen LogP contribution in [0.1, 0.15) is 19.8 Å². The molecule has 1 saturated carbocycles. The van der Waals surface area contributed by atoms with Crippen molar-refractivity contribution >= 4 is 33.3 Å². The highest BCUT2D eigenvalue weighted by molar-refractivity contribution is 7.16. The summed E-state index contributed by atoms with van der Waals surface area (Å²) in [6.07, 6.45) is 2.61. The molecule has 1 aliphatic carbocycles. The second-order valence-corrected chi connectivity index (χ2v) is 6.20. The predicted octanol–water partition coefficient (Wildman–Crippen LogP) is 2.52. The second-order valence-electron chi connectivity index (χ2n) is 5.31. The molecule has 108 valence electrons. The molecule has 0 saturated heterocycles. The number of nitrogens with two attached hydrogens (primary N) is 1. The van der Waals surface area contributed by atoms with Crippen LogP contribution in [0.25, 0.3) is 10.2 Å². The number of hydrogen-bond donors (Lipinski definition) is 1. The van der Waals surface area contributed by atoms with E-state index in [4.69, 9.17) is 10.5 Å². The first-order valence-electron chi connectivity index (χ1n) is 6.97. The second kappa shape index (κ2) is 5.54. The van der Waals surface area contributed by atoms with Crippen LogP contribution in [0.4, 0.5) is 11.8 Å². The molecule has 0 radical (unpaired) electrons. The maximum absolute atomic E-state index is 5.87. The molecule has 1 unspecified atom stereocenters. The molecule has 0 aliphatic heterocycles. The highest BCUT2D eigenvalue weighted by Gasteiger charge is 2.33. The SMILES string of the molecule is COCCN(c1nc(N)nc2sccc12)C(C)C1CC1. The highest BCUT2D eigenvalue weighted by atomic mass is 32.1. The zero-order valence-corrected chi connectivity index (χ0v) is 12.7. The monoisotopic (exact) mass is 292 g/mol. The van der Waals surface area contributed by atoms with Crippen molar-refractivity contribution in [1.82, 2.24) is 9.97 Å². The standard InChI is InChI=1S/C14H20N4OS/c1-9(10-3-4-10)18(6-7-19-2)12-11-5-8-20-13(11)17-14(15)16-12/h5,8-10H,3-4,6-7H2,1-2H3,(H2,15,16,17). The third-order valence-corrected chi connectivity index (χ3v) is 4.73. The molecule has 3 rings (SSSR count). The molecule has 1 atom stereocenters. The summed E-state index contributed by atoms with van der Waals surface area (Å²) >= 11 is 1.60. The summed E-state index contributed by atoms with van der Waals surface area (Å²) < 4.78 is 5.25. The van der Waals surface area contributed by atoms with Crippen LogP contribution in [0.3, 0.4) is 0 Å². The van der Waals surface area contributed by atoms with Crippen molar-refractivity contribution in [3.63, 3.8) is 0 Å². The van der Waals surface area contributed by atoms with Gasteiger partial charge in [0.2, 0.25) is 5.95 Å². The molecule has 0 spiro atoms. The summed E-state index contributed by atoms with van der Waals surface area (Å²) in [6, 6.07) is 2.54. The van der Waals surface area contributed by atoms with Gasteiger partial charge >= 0.3 is 0 Å². The van der Waals surface area contributed by atoms with Crippen LogP contribution in [0, 0.1) is 5.92 Å². The fourth-order valence-corrected chi connectivity index (χ4v) is 3.37. The van der Waals surface area contributed by atoms with Crippen molar-refractivity contribution in [2.75, 3.05) is 30.9 Å². The number of thiophene rings is 1. The zero-order chi connectivity index (χ0) is 14.1. The number of hydrogen-bond acceptors (Lipinski definition) is 6. The molecule has 1 aliphatic rings. The number of ether oxygens (including phenoxy) is 1. The van der Waals surface area contributed by atoms with Crippen molar-refractivity contribution < 1.29 is 4.74 Å². The van der Waals surface area contributed by atoms with E-state index in [-0.39, 0.29) is 0 Å². The lowest BCUT2D eigenvalue weighted by Crippen LogP contribution is -2.38. The smallest absolute Gasteiger partial charge is 0.223 e. The topological polar surface area (TPSA) is 64.3 Å². The average molecular weight is 292 g/mol. The average Bonchev–Trinajstić information content (AvgIpc) is 3.17. The lowest BCUT2D eigenvalue weighted by molar-refractivity contribution is 0.202. The Balaban J connectivity index is 2.00. The molecular weight excluding hydrogens is 272 g/mol. The summed E-state index contributed by atoms with van der Waals surface area (Å²) in [4.78, 5) is 12.1. The van der Waals surface area contributed by atoms with Gasteiger partial charge in [0.25, 0.3) is 0 Å². The van der Waals surface area contributed by atoms with Gasteiger partial charge < -0.3 is 15.4 Å². The summed E-state index contributed by atoms with van der Waals surface area (Å²) in [7, 11) is 1.73. The van der Waals surface area contributed by atoms with E-state index in [0.29, 0.717) is 18.6 Å². The van der Waals surface area contributed by atoms with Crippen LogP contribution in [0.15, 0.2) is 11.4 Å². The molecule has 0 bridgehead atoms. The molecule has 2 N–H and O–H groups in total. The van der Waals surface area contributed by atoms with Gasteiger partial charge in [0.05, 0.1) is 12.0 Å². The van der Waals surface area contributed by atoms with E-state index >= 15 is 0 Å². The third-order valence-electron chi connectivity index (χ3n) is 3.93. The Morgan fingerprint density at radius 3 is 3.00 bits per heavy atom. The molecule has 1 fully saturated rings. The van der Waals surface area contributed by atoms with Crippen LogP contribution in [-0.2, 0) is 4.74 Å². The maximum Gasteiger partial charge on any atom is 0.223 e. The summed E-state index contributed by atoms with van der Waals surface area (Å²) in [5.41, 5.74) is 5.87. The summed E-state index contributed by atoms with van der Waals surface area (Å²) in [5.74, 6) is 2.06. The molecule has 20 heavy (non-hydrogen) atoms. The van der Waals surface area contributed by atoms with E-state index in [1.807, 2.05) is 5.38 Å². The largest absolute Gasteiger partial charge is 0.383 e. The lowest BCUT2D eigenvalue weighted by atomic mass is 10.1. The van der Waals surface area contributed by atoms with E-state index < -0.39 is 0 Å². The number of fused-ring (bicyclic) bond motifs is 1. The van der Waals surface area contributed by atoms with Gasteiger partial charge in [-0.3, -0.25) is 0 Å². The third kappa shape index (κ3) is 2.58. The van der Waals surface area contributed by atoms with Crippen LogP contribution in [0.5, 0.6) is 0 Å². The minimum atomic E-state index is 0.348. The molecule has 2 heterocycles. The Morgan fingerprint density at radius 1 is 1.50 bits per heavy atom. The van der Waals surface area contributed by atoms with E-state index in [0.717, 1.165) is 28.5 Å². The number of aromatic nitrogens is 2. The zero-order valence-electron chi connectivity index (χ0n) is 11.9. The van der Waals surface area contributed by atoms with Crippen molar-refractivity contribution in [2.45, 2.75) is 25.8 Å². The molecule has 2 aromatic rings. The minimum absolute atomic E-state index is 0.348. The van der Waals surface area contributed by atoms with Crippen molar-refractivity contribution in [2.24, 2.45) is 5.92 Å². The van der Waals surface area contributed by atoms with Crippen LogP contribution in [-0.4, -0.2) is 36.3 Å². The summed E-state index contributed by atoms with van der Waals surface area (Å²) in [5, 5.41) is 3.13. The van der Waals surface area contributed by atoms with Gasteiger partial charge in [-0.25, -0.2) is 4.98 Å². The molecule has 6 heteroatoms. The van der Waals surface area contributed by atoms with E-state index in [2.05, 4.69) is 27.9 Å². The van der Waals surface area contributed by atoms with Gasteiger partial charge in [0, 0.05) is 19.7 Å².